The van der Waals surface area contributed by atoms with Crippen LogP contribution in [-0.4, -0.2) is 28.9 Å². The summed E-state index contributed by atoms with van der Waals surface area (Å²) in [5.41, 5.74) is 6.68. The highest BCUT2D eigenvalue weighted by Gasteiger charge is 3.08. The second kappa shape index (κ2) is 1.57. The zero-order chi connectivity index (χ0) is 9.79. The Hall–Kier alpha value is 0.360. The van der Waals surface area contributed by atoms with Gasteiger partial charge in [0.1, 0.15) is 0 Å². The van der Waals surface area contributed by atoms with Crippen LogP contribution in [0, 0.1) is 35.5 Å². The smallest absolute Gasteiger partial charge is 0.187 e. The van der Waals surface area contributed by atoms with Gasteiger partial charge in [-0.15, -0.1) is 0 Å². The minimum absolute atomic E-state index is 0.155. The van der Waals surface area contributed by atoms with E-state index in [0.717, 1.165) is 31.0 Å². The lowest BCUT2D eigenvalue weighted by atomic mass is 9.16. The van der Waals surface area contributed by atoms with Gasteiger partial charge in [0.25, 0.3) is 0 Å². The largest absolute Gasteiger partial charge is 0.346 e. The van der Waals surface area contributed by atoms with Crippen molar-refractivity contribution in [3.8, 4) is 0 Å². The Morgan fingerprint density at radius 2 is 1.47 bits per heavy atom. The summed E-state index contributed by atoms with van der Waals surface area (Å²) in [6, 6.07) is 0. The minimum atomic E-state index is -0.270. The Labute approximate surface area is 95.8 Å². The molecule has 1 saturated heterocycles. The highest BCUT2D eigenvalue weighted by Crippen LogP contribution is 3.00. The van der Waals surface area contributed by atoms with Gasteiger partial charge in [0.05, 0.1) is 17.5 Å². The number of nitrogens with two attached hydrogens (primary N) is 1. The van der Waals surface area contributed by atoms with E-state index in [2.05, 4.69) is 15.9 Å². The maximum Gasteiger partial charge on any atom is 0.187 e. The lowest BCUT2D eigenvalue weighted by Gasteiger charge is -2.90. The third-order valence-electron chi connectivity index (χ3n) is 6.71. The molecule has 2 N–H and O–H groups in total. The molecule has 1 aliphatic heterocycles. The van der Waals surface area contributed by atoms with Crippen molar-refractivity contribution in [3.63, 3.8) is 0 Å². The molecule has 0 unspecified atom stereocenters. The van der Waals surface area contributed by atoms with E-state index >= 15 is 0 Å². The molecular formula is C11H12BrNO2. The third kappa shape index (κ3) is 0.357. The first-order chi connectivity index (χ1) is 7.19. The average Bonchev–Trinajstić information content (AvgIpc) is 2.78. The zero-order valence-electron chi connectivity index (χ0n) is 8.15. The normalized spacial score (nSPS) is 82.0. The summed E-state index contributed by atoms with van der Waals surface area (Å²) in [4.78, 5) is 0. The molecule has 3 nitrogen and oxygen atoms in total. The number of ether oxygens (including phenoxy) is 2. The lowest BCUT2D eigenvalue weighted by molar-refractivity contribution is -0.381. The Kier molecular flexibility index (Phi) is 0.802. The second-order valence-corrected chi connectivity index (χ2v) is 7.60. The van der Waals surface area contributed by atoms with Crippen LogP contribution in [0.2, 0.25) is 0 Å². The lowest BCUT2D eigenvalue weighted by Crippen LogP contribution is -2.99. The fraction of sp³-hybridized carbons (Fsp3) is 1.00. The molecular weight excluding hydrogens is 258 g/mol. The molecule has 6 saturated carbocycles. The number of hydrogen-bond donors (Lipinski definition) is 1. The van der Waals surface area contributed by atoms with E-state index < -0.39 is 0 Å². The van der Waals surface area contributed by atoms with E-state index in [1.807, 2.05) is 0 Å². The molecule has 1 spiro atoms. The van der Waals surface area contributed by atoms with E-state index in [0.29, 0.717) is 17.8 Å². The van der Waals surface area contributed by atoms with Crippen LogP contribution in [0.5, 0.6) is 0 Å². The van der Waals surface area contributed by atoms with Crippen LogP contribution in [-0.2, 0) is 9.47 Å². The second-order valence-electron chi connectivity index (χ2n) is 6.29. The SMILES string of the molecule is NC12C3[C@H]4[C@H]1C1[C@@H]2[C@H]3C4(Br)C12OCCO2. The molecule has 2 bridgehead atoms. The van der Waals surface area contributed by atoms with Gasteiger partial charge in [-0.2, -0.15) is 0 Å². The van der Waals surface area contributed by atoms with Gasteiger partial charge in [0, 0.05) is 11.5 Å². The van der Waals surface area contributed by atoms with Crippen molar-refractivity contribution in [1.29, 1.82) is 0 Å². The standard InChI is InChI=1S/C11H12BrNO2/c12-10-6-3-7(10)5-8(4(6)9(3,5)13)11(10)14-1-2-15-11/h3-8H,1-2,13H2/t3?,4-,5-,6-,7-,8?,9?,10?/m0/s1. The summed E-state index contributed by atoms with van der Waals surface area (Å²) in [6.07, 6.45) is 0. The molecule has 6 aliphatic carbocycles. The molecule has 1 heterocycles. The highest BCUT2D eigenvalue weighted by molar-refractivity contribution is 9.10. The van der Waals surface area contributed by atoms with Crippen LogP contribution in [0.1, 0.15) is 0 Å². The maximum absolute atomic E-state index is 6.46. The van der Waals surface area contributed by atoms with Crippen molar-refractivity contribution in [2.75, 3.05) is 13.2 Å². The molecule has 0 aromatic rings. The van der Waals surface area contributed by atoms with Gasteiger partial charge in [-0.25, -0.2) is 0 Å². The zero-order valence-corrected chi connectivity index (χ0v) is 9.74. The first-order valence-electron chi connectivity index (χ1n) is 5.95. The van der Waals surface area contributed by atoms with E-state index in [4.69, 9.17) is 15.2 Å². The molecule has 0 amide bonds. The topological polar surface area (TPSA) is 44.5 Å². The predicted octanol–water partition coefficient (Wildman–Crippen LogP) is 0.326. The van der Waals surface area contributed by atoms with Gasteiger partial charge in [0.15, 0.2) is 5.79 Å². The van der Waals surface area contributed by atoms with E-state index in [-0.39, 0.29) is 15.7 Å². The Bertz CT molecular complexity index is 412. The van der Waals surface area contributed by atoms with Crippen molar-refractivity contribution >= 4 is 15.9 Å². The molecule has 7 rings (SSSR count). The molecule has 4 heteroatoms. The maximum atomic E-state index is 6.46. The van der Waals surface area contributed by atoms with Crippen molar-refractivity contribution < 1.29 is 9.47 Å². The van der Waals surface area contributed by atoms with Gasteiger partial charge >= 0.3 is 0 Å². The molecule has 0 aromatic heterocycles. The summed E-state index contributed by atoms with van der Waals surface area (Å²) in [5, 5.41) is 0. The Balaban J connectivity index is 1.65. The molecule has 7 aliphatic rings. The first kappa shape index (κ1) is 7.64. The Morgan fingerprint density at radius 1 is 0.933 bits per heavy atom. The van der Waals surface area contributed by atoms with Gasteiger partial charge in [0.2, 0.25) is 0 Å². The molecule has 15 heavy (non-hydrogen) atoms. The summed E-state index contributed by atoms with van der Waals surface area (Å²) in [7, 11) is 0. The van der Waals surface area contributed by atoms with Crippen LogP contribution in [0.25, 0.3) is 0 Å². The van der Waals surface area contributed by atoms with Crippen molar-refractivity contribution in [1.82, 2.24) is 0 Å². The van der Waals surface area contributed by atoms with Crippen LogP contribution in [0.3, 0.4) is 0 Å². The quantitative estimate of drug-likeness (QED) is 0.645. The predicted molar refractivity (Wildman–Crippen MR) is 54.2 cm³/mol. The molecule has 80 valence electrons. The number of hydrogen-bond acceptors (Lipinski definition) is 3. The highest BCUT2D eigenvalue weighted by atomic mass is 79.9. The van der Waals surface area contributed by atoms with Crippen LogP contribution in [0.4, 0.5) is 0 Å². The van der Waals surface area contributed by atoms with Gasteiger partial charge < -0.3 is 15.2 Å². The molecule has 0 radical (unpaired) electrons. The summed E-state index contributed by atoms with van der Waals surface area (Å²) >= 11 is 3.99. The van der Waals surface area contributed by atoms with Gasteiger partial charge in [-0.05, 0) is 29.6 Å². The molecule has 7 fully saturated rings. The summed E-state index contributed by atoms with van der Waals surface area (Å²) in [6.45, 7) is 1.54. The fourth-order valence-corrected chi connectivity index (χ4v) is 8.33. The van der Waals surface area contributed by atoms with E-state index in [1.54, 1.807) is 0 Å². The number of rotatable bonds is 0. The van der Waals surface area contributed by atoms with Crippen molar-refractivity contribution in [3.05, 3.63) is 0 Å². The van der Waals surface area contributed by atoms with Crippen LogP contribution in [0.15, 0.2) is 0 Å². The third-order valence-corrected chi connectivity index (χ3v) is 8.32. The fourth-order valence-electron chi connectivity index (χ4n) is 6.70. The summed E-state index contributed by atoms with van der Waals surface area (Å²) < 4.78 is 12.2. The Morgan fingerprint density at radius 3 is 2.00 bits per heavy atom. The van der Waals surface area contributed by atoms with Crippen LogP contribution < -0.4 is 5.73 Å². The van der Waals surface area contributed by atoms with E-state index in [1.165, 1.54) is 0 Å². The van der Waals surface area contributed by atoms with Crippen molar-refractivity contribution in [2.45, 2.75) is 15.7 Å². The molecule has 4 atom stereocenters. The van der Waals surface area contributed by atoms with Crippen molar-refractivity contribution in [2.24, 2.45) is 41.2 Å². The van der Waals surface area contributed by atoms with Crippen LogP contribution >= 0.6 is 15.9 Å². The number of halogens is 1. The first-order valence-corrected chi connectivity index (χ1v) is 6.74. The van der Waals surface area contributed by atoms with E-state index in [9.17, 15) is 0 Å². The number of alkyl halides is 1. The minimum Gasteiger partial charge on any atom is -0.346 e. The van der Waals surface area contributed by atoms with Gasteiger partial charge in [-0.3, -0.25) is 0 Å². The average molecular weight is 270 g/mol. The monoisotopic (exact) mass is 269 g/mol. The van der Waals surface area contributed by atoms with Gasteiger partial charge in [-0.1, -0.05) is 15.9 Å². The summed E-state index contributed by atoms with van der Waals surface area (Å²) in [5.74, 6) is 4.08. The molecule has 0 aromatic carbocycles.